The van der Waals surface area contributed by atoms with Gasteiger partial charge in [-0.05, 0) is 26.3 Å². The highest BCUT2D eigenvalue weighted by Crippen LogP contribution is 2.20. The quantitative estimate of drug-likeness (QED) is 0.599. The van der Waals surface area contributed by atoms with Crippen LogP contribution < -0.4 is 11.1 Å². The zero-order chi connectivity index (χ0) is 13.2. The molecule has 1 heterocycles. The second-order valence-corrected chi connectivity index (χ2v) is 4.23. The van der Waals surface area contributed by atoms with Gasteiger partial charge in [-0.25, -0.2) is 4.98 Å². The van der Waals surface area contributed by atoms with E-state index in [9.17, 15) is 14.9 Å². The highest BCUT2D eigenvalue weighted by atomic mass is 16.6. The van der Waals surface area contributed by atoms with Gasteiger partial charge in [-0.2, -0.15) is 0 Å². The van der Waals surface area contributed by atoms with E-state index in [-0.39, 0.29) is 5.69 Å². The molecule has 17 heavy (non-hydrogen) atoms. The van der Waals surface area contributed by atoms with Crippen LogP contribution in [-0.2, 0) is 4.79 Å². The number of aromatic nitrogens is 1. The number of nitrogens with one attached hydrogen (secondary N) is 1. The summed E-state index contributed by atoms with van der Waals surface area (Å²) in [5, 5.41) is 13.4. The Morgan fingerprint density at radius 1 is 1.59 bits per heavy atom. The van der Waals surface area contributed by atoms with Gasteiger partial charge in [-0.15, -0.1) is 0 Å². The van der Waals surface area contributed by atoms with Crippen LogP contribution in [0.1, 0.15) is 19.4 Å². The molecule has 7 heteroatoms. The number of nitrogens with two attached hydrogens (primary N) is 1. The predicted molar refractivity (Wildman–Crippen MR) is 62.5 cm³/mol. The van der Waals surface area contributed by atoms with Crippen LogP contribution in [0.2, 0.25) is 0 Å². The third kappa shape index (κ3) is 2.90. The molecule has 0 aliphatic rings. The van der Waals surface area contributed by atoms with Crippen LogP contribution in [0.25, 0.3) is 0 Å². The van der Waals surface area contributed by atoms with E-state index in [2.05, 4.69) is 10.3 Å². The molecule has 1 aromatic heterocycles. The topological polar surface area (TPSA) is 111 Å². The number of primary amides is 1. The molecule has 92 valence electrons. The van der Waals surface area contributed by atoms with Gasteiger partial charge in [0.25, 0.3) is 5.69 Å². The van der Waals surface area contributed by atoms with Crippen LogP contribution in [0.3, 0.4) is 0 Å². The standard InChI is InChI=1S/C10H14N4O3/c1-6-4-7(14(16)17)5-12-8(6)13-10(2,3)9(11)15/h4-5H,1-3H3,(H2,11,15)(H,12,13). The Morgan fingerprint density at radius 2 is 2.18 bits per heavy atom. The number of rotatable bonds is 4. The molecule has 1 amide bonds. The van der Waals surface area contributed by atoms with Crippen molar-refractivity contribution >= 4 is 17.4 Å². The first-order valence-electron chi connectivity index (χ1n) is 4.93. The van der Waals surface area contributed by atoms with E-state index in [1.165, 1.54) is 6.07 Å². The maximum atomic E-state index is 11.1. The first-order chi connectivity index (χ1) is 7.74. The van der Waals surface area contributed by atoms with Crippen LogP contribution in [0.15, 0.2) is 12.3 Å². The zero-order valence-electron chi connectivity index (χ0n) is 9.85. The van der Waals surface area contributed by atoms with Gasteiger partial charge in [-0.3, -0.25) is 14.9 Å². The molecule has 0 aliphatic heterocycles. The summed E-state index contributed by atoms with van der Waals surface area (Å²) >= 11 is 0. The number of carbonyl (C=O) groups is 1. The SMILES string of the molecule is Cc1cc([N+](=O)[O-])cnc1NC(C)(C)C(N)=O. The molecular formula is C10H14N4O3. The fraction of sp³-hybridized carbons (Fsp3) is 0.400. The maximum absolute atomic E-state index is 11.1. The molecule has 0 bridgehead atoms. The summed E-state index contributed by atoms with van der Waals surface area (Å²) in [7, 11) is 0. The van der Waals surface area contributed by atoms with E-state index in [0.29, 0.717) is 11.4 Å². The summed E-state index contributed by atoms with van der Waals surface area (Å²) in [5.74, 6) is -0.128. The number of nitro groups is 1. The van der Waals surface area contributed by atoms with E-state index >= 15 is 0 Å². The lowest BCUT2D eigenvalue weighted by Gasteiger charge is -2.23. The Labute approximate surface area is 98.2 Å². The largest absolute Gasteiger partial charge is 0.368 e. The summed E-state index contributed by atoms with van der Waals surface area (Å²) in [4.78, 5) is 25.0. The molecule has 1 rings (SSSR count). The lowest BCUT2D eigenvalue weighted by molar-refractivity contribution is -0.385. The summed E-state index contributed by atoms with van der Waals surface area (Å²) in [6, 6.07) is 1.38. The maximum Gasteiger partial charge on any atom is 0.287 e. The third-order valence-corrected chi connectivity index (χ3v) is 2.32. The van der Waals surface area contributed by atoms with Crippen molar-refractivity contribution in [3.8, 4) is 0 Å². The molecule has 7 nitrogen and oxygen atoms in total. The van der Waals surface area contributed by atoms with Gasteiger partial charge in [0, 0.05) is 6.07 Å². The monoisotopic (exact) mass is 238 g/mol. The van der Waals surface area contributed by atoms with E-state index in [4.69, 9.17) is 5.73 Å². The number of hydrogen-bond acceptors (Lipinski definition) is 5. The molecule has 0 aromatic carbocycles. The highest BCUT2D eigenvalue weighted by Gasteiger charge is 2.25. The summed E-state index contributed by atoms with van der Waals surface area (Å²) in [5.41, 5.74) is 4.73. The summed E-state index contributed by atoms with van der Waals surface area (Å²) in [6.07, 6.45) is 1.13. The average molecular weight is 238 g/mol. The predicted octanol–water partition coefficient (Wildman–Crippen LogP) is 0.974. The fourth-order valence-electron chi connectivity index (χ4n) is 1.15. The van der Waals surface area contributed by atoms with Crippen molar-refractivity contribution in [2.75, 3.05) is 5.32 Å². The molecule has 0 fully saturated rings. The minimum Gasteiger partial charge on any atom is -0.368 e. The lowest BCUT2D eigenvalue weighted by atomic mass is 10.0. The van der Waals surface area contributed by atoms with Crippen LogP contribution in [-0.4, -0.2) is 21.4 Å². The number of aryl methyl sites for hydroxylation is 1. The number of anilines is 1. The van der Waals surface area contributed by atoms with E-state index in [1.807, 2.05) is 0 Å². The van der Waals surface area contributed by atoms with E-state index in [0.717, 1.165) is 6.20 Å². The first-order valence-corrected chi connectivity index (χ1v) is 4.93. The van der Waals surface area contributed by atoms with Crippen molar-refractivity contribution in [3.05, 3.63) is 27.9 Å². The van der Waals surface area contributed by atoms with Crippen molar-refractivity contribution in [2.24, 2.45) is 5.73 Å². The highest BCUT2D eigenvalue weighted by molar-refractivity contribution is 5.86. The molecule has 0 saturated carbocycles. The number of amides is 1. The van der Waals surface area contributed by atoms with Gasteiger partial charge in [0.1, 0.15) is 17.6 Å². The van der Waals surface area contributed by atoms with Gasteiger partial charge in [-0.1, -0.05) is 0 Å². The number of hydrogen-bond donors (Lipinski definition) is 2. The summed E-state index contributed by atoms with van der Waals surface area (Å²) < 4.78 is 0. The van der Waals surface area contributed by atoms with E-state index < -0.39 is 16.4 Å². The van der Waals surface area contributed by atoms with Crippen LogP contribution >= 0.6 is 0 Å². The Morgan fingerprint density at radius 3 is 2.59 bits per heavy atom. The molecule has 0 aliphatic carbocycles. The van der Waals surface area contributed by atoms with Gasteiger partial charge < -0.3 is 11.1 Å². The minimum atomic E-state index is -0.964. The van der Waals surface area contributed by atoms with Crippen molar-refractivity contribution in [2.45, 2.75) is 26.3 Å². The smallest absolute Gasteiger partial charge is 0.287 e. The van der Waals surface area contributed by atoms with Gasteiger partial charge in [0.05, 0.1) is 4.92 Å². The number of nitrogens with zero attached hydrogens (tertiary/aromatic N) is 2. The van der Waals surface area contributed by atoms with Crippen LogP contribution in [0, 0.1) is 17.0 Å². The molecule has 0 spiro atoms. The fourth-order valence-corrected chi connectivity index (χ4v) is 1.15. The van der Waals surface area contributed by atoms with Crippen LogP contribution in [0.4, 0.5) is 11.5 Å². The lowest BCUT2D eigenvalue weighted by Crippen LogP contribution is -2.45. The second-order valence-electron chi connectivity index (χ2n) is 4.23. The normalized spacial score (nSPS) is 11.0. The molecule has 0 radical (unpaired) electrons. The Balaban J connectivity index is 3.02. The van der Waals surface area contributed by atoms with Crippen molar-refractivity contribution in [1.29, 1.82) is 0 Å². The van der Waals surface area contributed by atoms with Crippen molar-refractivity contribution < 1.29 is 9.72 Å². The Hall–Kier alpha value is -2.18. The van der Waals surface area contributed by atoms with Crippen LogP contribution in [0.5, 0.6) is 0 Å². The molecule has 0 atom stereocenters. The van der Waals surface area contributed by atoms with Gasteiger partial charge >= 0.3 is 0 Å². The molecule has 0 saturated heterocycles. The number of pyridine rings is 1. The van der Waals surface area contributed by atoms with E-state index in [1.54, 1.807) is 20.8 Å². The molecule has 0 unspecified atom stereocenters. The summed E-state index contributed by atoms with van der Waals surface area (Å²) in [6.45, 7) is 4.88. The zero-order valence-corrected chi connectivity index (χ0v) is 9.85. The third-order valence-electron chi connectivity index (χ3n) is 2.32. The first kappa shape index (κ1) is 12.9. The Bertz CT molecular complexity index is 471. The molecular weight excluding hydrogens is 224 g/mol. The van der Waals surface area contributed by atoms with Crippen molar-refractivity contribution in [3.63, 3.8) is 0 Å². The number of carbonyl (C=O) groups excluding carboxylic acids is 1. The van der Waals surface area contributed by atoms with Gasteiger partial charge in [0.2, 0.25) is 5.91 Å². The second kappa shape index (κ2) is 4.36. The van der Waals surface area contributed by atoms with Gasteiger partial charge in [0.15, 0.2) is 0 Å². The average Bonchev–Trinajstić information content (AvgIpc) is 2.20. The minimum absolute atomic E-state index is 0.0927. The van der Waals surface area contributed by atoms with Crippen molar-refractivity contribution in [1.82, 2.24) is 4.98 Å². The molecule has 3 N–H and O–H groups in total. The Kier molecular flexibility index (Phi) is 3.31. The molecule has 1 aromatic rings.